The summed E-state index contributed by atoms with van der Waals surface area (Å²) >= 11 is 5.76. The van der Waals surface area contributed by atoms with Crippen LogP contribution in [-0.4, -0.2) is 29.3 Å². The standard InChI is InChI=1S/C8H19NS.C4H5NS/c1-7(2)9(5-6-10)8(3)4;5-4-2-1-3-6-4/h7-8,10H,5-6H2,1-4H3;1-3H,5H2. The quantitative estimate of drug-likeness (QED) is 0.813. The zero-order valence-electron chi connectivity index (χ0n) is 10.7. The number of nitrogen functional groups attached to an aromatic ring is 1. The Morgan fingerprint density at radius 2 is 1.88 bits per heavy atom. The van der Waals surface area contributed by atoms with E-state index < -0.39 is 0 Å². The summed E-state index contributed by atoms with van der Waals surface area (Å²) in [7, 11) is 0. The molecule has 1 heterocycles. The molecule has 0 bridgehead atoms. The lowest BCUT2D eigenvalue weighted by atomic mass is 10.2. The highest BCUT2D eigenvalue weighted by Gasteiger charge is 2.10. The van der Waals surface area contributed by atoms with Crippen molar-refractivity contribution in [2.24, 2.45) is 0 Å². The van der Waals surface area contributed by atoms with Crippen LogP contribution >= 0.6 is 24.0 Å². The van der Waals surface area contributed by atoms with Crippen LogP contribution in [0.2, 0.25) is 0 Å². The fourth-order valence-electron chi connectivity index (χ4n) is 1.52. The first kappa shape index (κ1) is 15.8. The maximum atomic E-state index is 5.30. The van der Waals surface area contributed by atoms with Gasteiger partial charge in [0.15, 0.2) is 0 Å². The Bertz CT molecular complexity index is 238. The highest BCUT2D eigenvalue weighted by atomic mass is 32.1. The van der Waals surface area contributed by atoms with Crippen LogP contribution in [0.15, 0.2) is 17.5 Å². The topological polar surface area (TPSA) is 29.3 Å². The summed E-state index contributed by atoms with van der Waals surface area (Å²) in [4.78, 5) is 2.44. The van der Waals surface area contributed by atoms with Gasteiger partial charge >= 0.3 is 0 Å². The number of nitrogens with two attached hydrogens (primary N) is 1. The first-order valence-corrected chi connectivity index (χ1v) is 7.15. The lowest BCUT2D eigenvalue weighted by Gasteiger charge is -2.29. The smallest absolute Gasteiger partial charge is 0.0856 e. The molecule has 0 atom stereocenters. The average molecular weight is 260 g/mol. The Kier molecular flexibility index (Phi) is 8.80. The SMILES string of the molecule is CC(C)N(CCS)C(C)C.Nc1cccs1. The van der Waals surface area contributed by atoms with Crippen LogP contribution in [0.3, 0.4) is 0 Å². The fraction of sp³-hybridized carbons (Fsp3) is 0.667. The maximum Gasteiger partial charge on any atom is 0.0856 e. The molecule has 0 fully saturated rings. The second-order valence-electron chi connectivity index (χ2n) is 4.16. The number of hydrogen-bond acceptors (Lipinski definition) is 4. The Labute approximate surface area is 109 Å². The Morgan fingerprint density at radius 3 is 2.00 bits per heavy atom. The van der Waals surface area contributed by atoms with Crippen molar-refractivity contribution in [2.75, 3.05) is 18.0 Å². The van der Waals surface area contributed by atoms with E-state index in [1.807, 2.05) is 17.5 Å². The summed E-state index contributed by atoms with van der Waals surface area (Å²) in [5.74, 6) is 0.955. The van der Waals surface area contributed by atoms with Crippen molar-refractivity contribution in [3.05, 3.63) is 17.5 Å². The number of thiophene rings is 1. The van der Waals surface area contributed by atoms with Crippen molar-refractivity contribution in [3.63, 3.8) is 0 Å². The largest absolute Gasteiger partial charge is 0.391 e. The molecule has 1 aromatic heterocycles. The molecule has 0 spiro atoms. The lowest BCUT2D eigenvalue weighted by Crippen LogP contribution is -2.38. The van der Waals surface area contributed by atoms with Crippen molar-refractivity contribution in [3.8, 4) is 0 Å². The van der Waals surface area contributed by atoms with Crippen LogP contribution in [-0.2, 0) is 0 Å². The van der Waals surface area contributed by atoms with Gasteiger partial charge in [-0.2, -0.15) is 12.6 Å². The van der Waals surface area contributed by atoms with Crippen LogP contribution in [0.25, 0.3) is 0 Å². The second-order valence-corrected chi connectivity index (χ2v) is 5.59. The summed E-state index contributed by atoms with van der Waals surface area (Å²) < 4.78 is 0. The molecule has 4 heteroatoms. The summed E-state index contributed by atoms with van der Waals surface area (Å²) in [6, 6.07) is 5.10. The monoisotopic (exact) mass is 260 g/mol. The lowest BCUT2D eigenvalue weighted by molar-refractivity contribution is 0.187. The summed E-state index contributed by atoms with van der Waals surface area (Å²) in [5.41, 5.74) is 5.30. The first-order valence-electron chi connectivity index (χ1n) is 5.64. The number of nitrogens with zero attached hydrogens (tertiary/aromatic N) is 1. The molecular formula is C12H24N2S2. The molecule has 0 aliphatic heterocycles. The number of thiol groups is 1. The molecule has 0 radical (unpaired) electrons. The molecule has 0 amide bonds. The summed E-state index contributed by atoms with van der Waals surface area (Å²) in [6.45, 7) is 10.00. The van der Waals surface area contributed by atoms with Gasteiger partial charge in [0.25, 0.3) is 0 Å². The minimum absolute atomic E-state index is 0.646. The summed E-state index contributed by atoms with van der Waals surface area (Å²) in [6.07, 6.45) is 0. The van der Waals surface area contributed by atoms with Gasteiger partial charge in [0.2, 0.25) is 0 Å². The molecule has 0 aliphatic rings. The van der Waals surface area contributed by atoms with Crippen molar-refractivity contribution in [1.29, 1.82) is 0 Å². The van der Waals surface area contributed by atoms with Gasteiger partial charge in [0, 0.05) is 24.4 Å². The first-order chi connectivity index (χ1) is 7.49. The van der Waals surface area contributed by atoms with Crippen molar-refractivity contribution in [1.82, 2.24) is 4.90 Å². The van der Waals surface area contributed by atoms with Gasteiger partial charge in [-0.25, -0.2) is 0 Å². The van der Waals surface area contributed by atoms with E-state index in [9.17, 15) is 0 Å². The predicted octanol–water partition coefficient (Wildman–Crippen LogP) is 3.37. The molecule has 0 aromatic carbocycles. The Hall–Kier alpha value is -0.190. The van der Waals surface area contributed by atoms with Crippen LogP contribution < -0.4 is 5.73 Å². The Balaban J connectivity index is 0.000000315. The van der Waals surface area contributed by atoms with Gasteiger partial charge in [-0.3, -0.25) is 4.90 Å². The van der Waals surface area contributed by atoms with Crippen molar-refractivity contribution < 1.29 is 0 Å². The fourth-order valence-corrected chi connectivity index (χ4v) is 2.22. The molecule has 16 heavy (non-hydrogen) atoms. The van der Waals surface area contributed by atoms with Crippen LogP contribution in [0.4, 0.5) is 5.00 Å². The summed E-state index contributed by atoms with van der Waals surface area (Å²) in [5, 5.41) is 2.84. The third-order valence-electron chi connectivity index (χ3n) is 2.23. The molecule has 0 saturated carbocycles. The molecule has 2 N–H and O–H groups in total. The molecule has 0 saturated heterocycles. The number of rotatable bonds is 4. The van der Waals surface area contributed by atoms with Gasteiger partial charge in [-0.15, -0.1) is 11.3 Å². The third kappa shape index (κ3) is 7.14. The minimum atomic E-state index is 0.646. The van der Waals surface area contributed by atoms with Gasteiger partial charge in [0.1, 0.15) is 0 Å². The highest BCUT2D eigenvalue weighted by Crippen LogP contribution is 2.08. The molecule has 1 rings (SSSR count). The Morgan fingerprint density at radius 1 is 1.31 bits per heavy atom. The maximum absolute atomic E-state index is 5.30. The van der Waals surface area contributed by atoms with Crippen molar-refractivity contribution >= 4 is 29.0 Å². The van der Waals surface area contributed by atoms with Gasteiger partial charge < -0.3 is 5.73 Å². The minimum Gasteiger partial charge on any atom is -0.391 e. The van der Waals surface area contributed by atoms with E-state index in [2.05, 4.69) is 45.2 Å². The second kappa shape index (κ2) is 8.90. The third-order valence-corrected chi connectivity index (χ3v) is 3.13. The van der Waals surface area contributed by atoms with Crippen LogP contribution in [0.5, 0.6) is 0 Å². The zero-order chi connectivity index (χ0) is 12.6. The van der Waals surface area contributed by atoms with E-state index >= 15 is 0 Å². The number of hydrogen-bond donors (Lipinski definition) is 2. The molecule has 2 nitrogen and oxygen atoms in total. The van der Waals surface area contributed by atoms with E-state index in [4.69, 9.17) is 5.73 Å². The van der Waals surface area contributed by atoms with E-state index in [1.54, 1.807) is 11.3 Å². The highest BCUT2D eigenvalue weighted by molar-refractivity contribution is 7.80. The van der Waals surface area contributed by atoms with Gasteiger partial charge in [0.05, 0.1) is 5.00 Å². The van der Waals surface area contributed by atoms with E-state index in [0.29, 0.717) is 12.1 Å². The van der Waals surface area contributed by atoms with Gasteiger partial charge in [-0.05, 0) is 45.2 Å². The molecule has 94 valence electrons. The van der Waals surface area contributed by atoms with Gasteiger partial charge in [-0.1, -0.05) is 0 Å². The van der Waals surface area contributed by atoms with Crippen LogP contribution in [0, 0.1) is 0 Å². The van der Waals surface area contributed by atoms with E-state index in [1.165, 1.54) is 0 Å². The molecule has 0 unspecified atom stereocenters. The van der Waals surface area contributed by atoms with Crippen LogP contribution in [0.1, 0.15) is 27.7 Å². The number of anilines is 1. The molecular weight excluding hydrogens is 236 g/mol. The average Bonchev–Trinajstić information content (AvgIpc) is 2.65. The molecule has 0 aliphatic carbocycles. The molecule has 1 aromatic rings. The van der Waals surface area contributed by atoms with E-state index in [0.717, 1.165) is 17.3 Å². The normalized spacial score (nSPS) is 10.8. The van der Waals surface area contributed by atoms with E-state index in [-0.39, 0.29) is 0 Å². The zero-order valence-corrected chi connectivity index (χ0v) is 12.4. The van der Waals surface area contributed by atoms with Crippen molar-refractivity contribution in [2.45, 2.75) is 39.8 Å². The predicted molar refractivity (Wildman–Crippen MR) is 79.6 cm³/mol.